The van der Waals surface area contributed by atoms with Crippen LogP contribution in [0, 0.1) is 0 Å². The topological polar surface area (TPSA) is 30.5 Å². The Morgan fingerprint density at radius 1 is 0.900 bits per heavy atom. The molecule has 0 aromatic heterocycles. The number of rotatable bonds is 3. The summed E-state index contributed by atoms with van der Waals surface area (Å²) in [6, 6.07) is 17.4. The van der Waals surface area contributed by atoms with Gasteiger partial charge in [-0.25, -0.2) is 0 Å². The van der Waals surface area contributed by atoms with Gasteiger partial charge in [-0.2, -0.15) is 0 Å². The minimum absolute atomic E-state index is 0.332. The van der Waals surface area contributed by atoms with Crippen LogP contribution in [0.4, 0.5) is 5.69 Å². The molecule has 0 bridgehead atoms. The van der Waals surface area contributed by atoms with Gasteiger partial charge in [0.15, 0.2) is 11.5 Å². The zero-order valence-corrected chi connectivity index (χ0v) is 11.2. The summed E-state index contributed by atoms with van der Waals surface area (Å²) in [5.74, 6) is 2.38. The Morgan fingerprint density at radius 2 is 1.70 bits per heavy atom. The average molecular weight is 267 g/mol. The number of benzene rings is 2. The normalized spacial score (nSPS) is 23.2. The summed E-state index contributed by atoms with van der Waals surface area (Å²) in [7, 11) is 0. The Bertz CT molecular complexity index is 606. The zero-order chi connectivity index (χ0) is 13.4. The van der Waals surface area contributed by atoms with Gasteiger partial charge in [0.05, 0.1) is 0 Å². The van der Waals surface area contributed by atoms with Crippen LogP contribution in [0.2, 0.25) is 0 Å². The SMILES string of the molecule is c1ccc(C2CC(Nc3ccc4c(c3)OCO4)C2)cc1. The third-order valence-electron chi connectivity index (χ3n) is 4.15. The van der Waals surface area contributed by atoms with E-state index < -0.39 is 0 Å². The van der Waals surface area contributed by atoms with Crippen molar-refractivity contribution in [3.63, 3.8) is 0 Å². The van der Waals surface area contributed by atoms with Gasteiger partial charge in [-0.05, 0) is 36.5 Å². The number of hydrogen-bond acceptors (Lipinski definition) is 3. The molecule has 1 fully saturated rings. The minimum Gasteiger partial charge on any atom is -0.454 e. The first-order chi connectivity index (χ1) is 9.88. The molecule has 0 atom stereocenters. The first-order valence-corrected chi connectivity index (χ1v) is 7.09. The van der Waals surface area contributed by atoms with Gasteiger partial charge in [-0.1, -0.05) is 30.3 Å². The molecule has 0 saturated heterocycles. The molecule has 2 aromatic rings. The highest BCUT2D eigenvalue weighted by atomic mass is 16.7. The molecule has 1 aliphatic carbocycles. The molecule has 0 amide bonds. The summed E-state index contributed by atoms with van der Waals surface area (Å²) < 4.78 is 10.7. The molecule has 2 aromatic carbocycles. The summed E-state index contributed by atoms with van der Waals surface area (Å²) in [6.45, 7) is 0.332. The van der Waals surface area contributed by atoms with Crippen LogP contribution in [-0.4, -0.2) is 12.8 Å². The Balaban J connectivity index is 1.38. The number of hydrogen-bond donors (Lipinski definition) is 1. The van der Waals surface area contributed by atoms with E-state index in [-0.39, 0.29) is 0 Å². The molecule has 0 radical (unpaired) electrons. The molecule has 1 N–H and O–H groups in total. The van der Waals surface area contributed by atoms with E-state index in [4.69, 9.17) is 9.47 Å². The van der Waals surface area contributed by atoms with Crippen LogP contribution in [0.5, 0.6) is 11.5 Å². The molecule has 0 spiro atoms. The van der Waals surface area contributed by atoms with E-state index in [0.717, 1.165) is 17.2 Å². The van der Waals surface area contributed by atoms with Crippen LogP contribution in [0.15, 0.2) is 48.5 Å². The monoisotopic (exact) mass is 267 g/mol. The number of nitrogens with one attached hydrogen (secondary N) is 1. The van der Waals surface area contributed by atoms with Crippen molar-refractivity contribution in [1.82, 2.24) is 0 Å². The molecule has 1 saturated carbocycles. The number of fused-ring (bicyclic) bond motifs is 1. The van der Waals surface area contributed by atoms with Gasteiger partial charge < -0.3 is 14.8 Å². The van der Waals surface area contributed by atoms with Crippen LogP contribution in [0.3, 0.4) is 0 Å². The molecule has 1 aliphatic heterocycles. The second kappa shape index (κ2) is 4.75. The summed E-state index contributed by atoms with van der Waals surface area (Å²) in [5.41, 5.74) is 2.57. The second-order valence-electron chi connectivity index (χ2n) is 5.49. The fourth-order valence-corrected chi connectivity index (χ4v) is 2.96. The molecular formula is C17H17NO2. The van der Waals surface area contributed by atoms with Crippen molar-refractivity contribution in [2.75, 3.05) is 12.1 Å². The van der Waals surface area contributed by atoms with E-state index in [9.17, 15) is 0 Å². The summed E-state index contributed by atoms with van der Waals surface area (Å²) in [6.07, 6.45) is 2.39. The third kappa shape index (κ3) is 2.09. The zero-order valence-electron chi connectivity index (χ0n) is 11.2. The third-order valence-corrected chi connectivity index (χ3v) is 4.15. The summed E-state index contributed by atoms with van der Waals surface area (Å²) >= 11 is 0. The molecule has 4 rings (SSSR count). The van der Waals surface area contributed by atoms with Crippen molar-refractivity contribution in [2.24, 2.45) is 0 Å². The Hall–Kier alpha value is -2.16. The van der Waals surface area contributed by atoms with Crippen molar-refractivity contribution in [3.05, 3.63) is 54.1 Å². The smallest absolute Gasteiger partial charge is 0.231 e. The van der Waals surface area contributed by atoms with E-state index >= 15 is 0 Å². The lowest BCUT2D eigenvalue weighted by atomic mass is 9.76. The highest BCUT2D eigenvalue weighted by molar-refractivity contribution is 5.56. The molecule has 0 unspecified atom stereocenters. The maximum Gasteiger partial charge on any atom is 0.231 e. The van der Waals surface area contributed by atoms with Crippen LogP contribution in [-0.2, 0) is 0 Å². The largest absolute Gasteiger partial charge is 0.454 e. The quantitative estimate of drug-likeness (QED) is 0.918. The van der Waals surface area contributed by atoms with Gasteiger partial charge in [0.2, 0.25) is 6.79 Å². The Morgan fingerprint density at radius 3 is 2.55 bits per heavy atom. The first-order valence-electron chi connectivity index (χ1n) is 7.09. The predicted octanol–water partition coefficient (Wildman–Crippen LogP) is 3.77. The second-order valence-corrected chi connectivity index (χ2v) is 5.49. The molecule has 2 aliphatic rings. The lowest BCUT2D eigenvalue weighted by molar-refractivity contribution is 0.174. The van der Waals surface area contributed by atoms with Gasteiger partial charge in [0.1, 0.15) is 0 Å². The first kappa shape index (κ1) is 11.6. The molecule has 3 nitrogen and oxygen atoms in total. The van der Waals surface area contributed by atoms with Gasteiger partial charge in [0, 0.05) is 17.8 Å². The van der Waals surface area contributed by atoms with Crippen molar-refractivity contribution in [3.8, 4) is 11.5 Å². The molecule has 3 heteroatoms. The van der Waals surface area contributed by atoms with Gasteiger partial charge in [-0.3, -0.25) is 0 Å². The molecule has 1 heterocycles. The van der Waals surface area contributed by atoms with Crippen LogP contribution in [0.25, 0.3) is 0 Å². The van der Waals surface area contributed by atoms with E-state index in [1.54, 1.807) is 0 Å². The van der Waals surface area contributed by atoms with Gasteiger partial charge >= 0.3 is 0 Å². The summed E-state index contributed by atoms with van der Waals surface area (Å²) in [4.78, 5) is 0. The maximum atomic E-state index is 5.40. The van der Waals surface area contributed by atoms with Crippen LogP contribution in [0.1, 0.15) is 24.3 Å². The fraction of sp³-hybridized carbons (Fsp3) is 0.294. The van der Waals surface area contributed by atoms with E-state index in [1.807, 2.05) is 12.1 Å². The standard InChI is InChI=1S/C17H17NO2/c1-2-4-12(5-3-1)13-8-15(9-13)18-14-6-7-16-17(10-14)20-11-19-16/h1-7,10,13,15,18H,8-9,11H2. The molecular weight excluding hydrogens is 250 g/mol. The van der Waals surface area contributed by atoms with Gasteiger partial charge in [-0.15, -0.1) is 0 Å². The van der Waals surface area contributed by atoms with Crippen LogP contribution >= 0.6 is 0 Å². The Kier molecular flexibility index (Phi) is 2.76. The highest BCUT2D eigenvalue weighted by Crippen LogP contribution is 2.40. The van der Waals surface area contributed by atoms with E-state index in [1.165, 1.54) is 18.4 Å². The van der Waals surface area contributed by atoms with E-state index in [2.05, 4.69) is 41.7 Å². The molecule has 102 valence electrons. The summed E-state index contributed by atoms with van der Waals surface area (Å²) in [5, 5.41) is 3.57. The van der Waals surface area contributed by atoms with Crippen molar-refractivity contribution < 1.29 is 9.47 Å². The molecule has 20 heavy (non-hydrogen) atoms. The highest BCUT2D eigenvalue weighted by Gasteiger charge is 2.30. The van der Waals surface area contributed by atoms with Crippen molar-refractivity contribution >= 4 is 5.69 Å². The van der Waals surface area contributed by atoms with Gasteiger partial charge in [0.25, 0.3) is 0 Å². The maximum absolute atomic E-state index is 5.40. The lowest BCUT2D eigenvalue weighted by Gasteiger charge is -2.37. The number of anilines is 1. The fourth-order valence-electron chi connectivity index (χ4n) is 2.96. The predicted molar refractivity (Wildman–Crippen MR) is 78.4 cm³/mol. The van der Waals surface area contributed by atoms with Crippen LogP contribution < -0.4 is 14.8 Å². The van der Waals surface area contributed by atoms with Crippen molar-refractivity contribution in [2.45, 2.75) is 24.8 Å². The minimum atomic E-state index is 0.332. The average Bonchev–Trinajstić information content (AvgIpc) is 2.91. The Labute approximate surface area is 118 Å². The van der Waals surface area contributed by atoms with Crippen molar-refractivity contribution in [1.29, 1.82) is 0 Å². The van der Waals surface area contributed by atoms with E-state index in [0.29, 0.717) is 18.8 Å². The number of ether oxygens (including phenoxy) is 2. The lowest BCUT2D eigenvalue weighted by Crippen LogP contribution is -2.33.